The van der Waals surface area contributed by atoms with Gasteiger partial charge in [-0.2, -0.15) is 11.8 Å². The molecule has 2 aromatic carbocycles. The van der Waals surface area contributed by atoms with Crippen molar-refractivity contribution < 1.29 is 14.4 Å². The number of nitrogens with zero attached hydrogens (tertiary/aromatic N) is 2. The van der Waals surface area contributed by atoms with Gasteiger partial charge in [0.1, 0.15) is 18.9 Å². The summed E-state index contributed by atoms with van der Waals surface area (Å²) < 4.78 is 0. The lowest BCUT2D eigenvalue weighted by molar-refractivity contribution is -0.104. The molecule has 0 aliphatic carbocycles. The molecule has 0 unspecified atom stereocenters. The lowest BCUT2D eigenvalue weighted by Crippen LogP contribution is -2.19. The molecule has 3 rings (SSSR count). The number of nitrogens with two attached hydrogens (primary N) is 1. The normalized spacial score (nSPS) is 11.1. The number of anilines is 1. The number of carbonyl (C=O) groups is 3. The number of thioether (sulfide) groups is 1. The maximum absolute atomic E-state index is 11.3. The van der Waals surface area contributed by atoms with Crippen LogP contribution in [0, 0.1) is 0 Å². The highest BCUT2D eigenvalue weighted by atomic mass is 32.2. The Balaban J connectivity index is 0. The highest BCUT2D eigenvalue weighted by Crippen LogP contribution is 2.32. The number of rotatable bonds is 11. The fraction of sp³-hybridized carbons (Fsp3) is 0.471. The van der Waals surface area contributed by atoms with Crippen molar-refractivity contribution in [3.05, 3.63) is 53.1 Å². The Labute approximate surface area is 265 Å². The molecule has 0 aromatic heterocycles. The largest absolute Gasteiger partial charge is 0.387 e. The van der Waals surface area contributed by atoms with Crippen molar-refractivity contribution in [2.24, 2.45) is 10.7 Å². The topological polar surface area (TPSA) is 117 Å². The molecular formula is C34H55N5O3S. The van der Waals surface area contributed by atoms with Crippen LogP contribution < -0.4 is 16.4 Å². The minimum atomic E-state index is 0.352. The van der Waals surface area contributed by atoms with E-state index in [1.807, 2.05) is 69.6 Å². The van der Waals surface area contributed by atoms with Crippen molar-refractivity contribution in [1.82, 2.24) is 10.2 Å². The smallest absolute Gasteiger partial charge is 0.152 e. The van der Waals surface area contributed by atoms with Crippen LogP contribution in [0.1, 0.15) is 69.3 Å². The molecular weight excluding hydrogens is 558 g/mol. The van der Waals surface area contributed by atoms with Gasteiger partial charge in [0.15, 0.2) is 6.29 Å². The van der Waals surface area contributed by atoms with Gasteiger partial charge in [-0.1, -0.05) is 52.3 Å². The van der Waals surface area contributed by atoms with Gasteiger partial charge in [0.25, 0.3) is 0 Å². The van der Waals surface area contributed by atoms with Crippen molar-refractivity contribution in [3.63, 3.8) is 0 Å². The summed E-state index contributed by atoms with van der Waals surface area (Å²) in [6, 6.07) is 11.6. The van der Waals surface area contributed by atoms with Gasteiger partial charge >= 0.3 is 0 Å². The molecule has 4 N–H and O–H groups in total. The van der Waals surface area contributed by atoms with E-state index in [1.165, 1.54) is 32.4 Å². The minimum Gasteiger partial charge on any atom is -0.387 e. The van der Waals surface area contributed by atoms with Crippen LogP contribution in [-0.2, 0) is 9.59 Å². The first kappa shape index (κ1) is 41.9. The quantitative estimate of drug-likeness (QED) is 0.189. The van der Waals surface area contributed by atoms with Crippen LogP contribution in [0.25, 0.3) is 17.2 Å². The molecule has 0 fully saturated rings. The highest BCUT2D eigenvalue weighted by Gasteiger charge is 2.12. The molecule has 1 heterocycles. The Morgan fingerprint density at radius 3 is 2.05 bits per heavy atom. The van der Waals surface area contributed by atoms with Crippen molar-refractivity contribution in [1.29, 1.82) is 0 Å². The lowest BCUT2D eigenvalue weighted by Gasteiger charge is -2.12. The van der Waals surface area contributed by atoms with Gasteiger partial charge in [-0.05, 0) is 88.7 Å². The zero-order chi connectivity index (χ0) is 33.0. The molecule has 9 heteroatoms. The third-order valence-corrected chi connectivity index (χ3v) is 6.13. The van der Waals surface area contributed by atoms with E-state index in [0.717, 1.165) is 52.9 Å². The molecule has 1 aliphatic heterocycles. The number of nitrogens with one attached hydrogen (secondary N) is 2. The molecule has 0 atom stereocenters. The summed E-state index contributed by atoms with van der Waals surface area (Å²) in [5, 5.41) is 6.07. The van der Waals surface area contributed by atoms with E-state index in [2.05, 4.69) is 55.3 Å². The summed E-state index contributed by atoms with van der Waals surface area (Å²) in [6.45, 7) is 14.0. The Bertz CT molecular complexity index is 1100. The van der Waals surface area contributed by atoms with E-state index < -0.39 is 0 Å². The second-order valence-electron chi connectivity index (χ2n) is 9.74. The predicted octanol–water partition coefficient (Wildman–Crippen LogP) is 6.72. The first-order chi connectivity index (χ1) is 20.8. The van der Waals surface area contributed by atoms with E-state index in [0.29, 0.717) is 23.4 Å². The van der Waals surface area contributed by atoms with E-state index in [4.69, 9.17) is 10.5 Å². The summed E-state index contributed by atoms with van der Waals surface area (Å²) in [6.07, 6.45) is 9.69. The Morgan fingerprint density at radius 1 is 0.977 bits per heavy atom. The van der Waals surface area contributed by atoms with Gasteiger partial charge in [0.05, 0.1) is 5.69 Å². The Kier molecular flexibility index (Phi) is 26.8. The van der Waals surface area contributed by atoms with Crippen LogP contribution in [0.5, 0.6) is 0 Å². The van der Waals surface area contributed by atoms with Crippen LogP contribution in [0.2, 0.25) is 0 Å². The van der Waals surface area contributed by atoms with Gasteiger partial charge in [-0.25, -0.2) is 4.99 Å². The molecule has 0 saturated carbocycles. The minimum absolute atomic E-state index is 0.352. The van der Waals surface area contributed by atoms with Crippen LogP contribution in [0.15, 0.2) is 47.0 Å². The average molecular weight is 614 g/mol. The summed E-state index contributed by atoms with van der Waals surface area (Å²) in [7, 11) is 5.92. The van der Waals surface area contributed by atoms with Crippen LogP contribution in [-0.4, -0.2) is 82.9 Å². The number of hydrogen-bond acceptors (Lipinski definition) is 9. The molecule has 0 radical (unpaired) electrons. The zero-order valence-corrected chi connectivity index (χ0v) is 28.5. The van der Waals surface area contributed by atoms with Gasteiger partial charge in [0, 0.05) is 41.1 Å². The number of aldehydes is 2. The van der Waals surface area contributed by atoms with Crippen LogP contribution in [0.3, 0.4) is 0 Å². The number of amidine groups is 1. The van der Waals surface area contributed by atoms with Crippen LogP contribution >= 0.6 is 11.8 Å². The number of fused-ring (bicyclic) bond motifs is 1. The van der Waals surface area contributed by atoms with Gasteiger partial charge in [0.2, 0.25) is 0 Å². The summed E-state index contributed by atoms with van der Waals surface area (Å²) >= 11 is 1.75. The van der Waals surface area contributed by atoms with E-state index in [-0.39, 0.29) is 0 Å². The number of hydrogen-bond donors (Lipinski definition) is 3. The first-order valence-corrected chi connectivity index (χ1v) is 16.2. The van der Waals surface area contributed by atoms with Gasteiger partial charge in [-0.15, -0.1) is 0 Å². The second kappa shape index (κ2) is 27.6. The molecule has 240 valence electrons. The Hall–Kier alpha value is -3.27. The van der Waals surface area contributed by atoms with Crippen molar-refractivity contribution in [2.45, 2.75) is 53.4 Å². The van der Waals surface area contributed by atoms with Crippen molar-refractivity contribution in [2.75, 3.05) is 58.1 Å². The average Bonchev–Trinajstić information content (AvgIpc) is 3.16. The number of carbonyl (C=O) groups excluding carboxylic acids is 3. The fourth-order valence-corrected chi connectivity index (χ4v) is 4.13. The first-order valence-electron chi connectivity index (χ1n) is 14.8. The molecule has 8 nitrogen and oxygen atoms in total. The fourth-order valence-electron chi connectivity index (χ4n) is 3.83. The third-order valence-electron chi connectivity index (χ3n) is 5.52. The zero-order valence-electron chi connectivity index (χ0n) is 27.7. The molecule has 0 amide bonds. The molecule has 2 aromatic rings. The van der Waals surface area contributed by atoms with Crippen molar-refractivity contribution in [3.8, 4) is 11.1 Å². The predicted molar refractivity (Wildman–Crippen MR) is 190 cm³/mol. The summed E-state index contributed by atoms with van der Waals surface area (Å²) in [4.78, 5) is 37.3. The van der Waals surface area contributed by atoms with E-state index >= 15 is 0 Å². The lowest BCUT2D eigenvalue weighted by atomic mass is 9.99. The maximum Gasteiger partial charge on any atom is 0.152 e. The third kappa shape index (κ3) is 18.1. The van der Waals surface area contributed by atoms with E-state index in [9.17, 15) is 9.59 Å². The number of benzene rings is 2. The van der Waals surface area contributed by atoms with E-state index in [1.54, 1.807) is 11.8 Å². The summed E-state index contributed by atoms with van der Waals surface area (Å²) in [5.41, 5.74) is 11.5. The Morgan fingerprint density at radius 2 is 1.53 bits per heavy atom. The number of aliphatic imine (C=N–C) groups is 1. The molecule has 0 bridgehead atoms. The molecule has 1 aliphatic rings. The van der Waals surface area contributed by atoms with Gasteiger partial charge < -0.3 is 26.1 Å². The SMILES string of the molecule is C=O.CCC.CCCN(C)CCC.CNC.CSCCNc1cc(-c2ccc3c(c2)N=C(N)CC(C=O)=C3)ccc1C=O. The highest BCUT2D eigenvalue weighted by molar-refractivity contribution is 7.98. The summed E-state index contributed by atoms with van der Waals surface area (Å²) in [5.74, 6) is 1.38. The van der Waals surface area contributed by atoms with Crippen molar-refractivity contribution >= 4 is 54.4 Å². The second-order valence-corrected chi connectivity index (χ2v) is 10.7. The molecule has 0 spiro atoms. The molecule has 0 saturated heterocycles. The molecule has 43 heavy (non-hydrogen) atoms. The monoisotopic (exact) mass is 613 g/mol. The van der Waals surface area contributed by atoms with Gasteiger partial charge in [-0.3, -0.25) is 9.59 Å². The maximum atomic E-state index is 11.3. The standard InChI is InChI=1S/C21H21N3O2S.C7H17N.C3H8.C2H7N.CH2O/c1-27-7-6-23-19-10-15(3-5-18(19)13-26)16-2-4-17-8-14(12-25)9-21(22)24-20(17)11-16;1-4-6-8(3)7-5-2;2*1-3-2;1-2/h2-5,8,10-13,23H,6-7,9H2,1H3,(H2,22,24);4-7H2,1-3H3;3H2,1-2H3;3H,1-2H3;1H2. The van der Waals surface area contributed by atoms with Crippen LogP contribution in [0.4, 0.5) is 11.4 Å².